The van der Waals surface area contributed by atoms with Crippen LogP contribution in [0.25, 0.3) is 0 Å². The molecule has 1 aromatic heterocycles. The molecular formula is C15H19N3O2S. The van der Waals surface area contributed by atoms with E-state index in [0.29, 0.717) is 10.8 Å². The molecule has 5 nitrogen and oxygen atoms in total. The maximum Gasteiger partial charge on any atom is 0.326 e. The quantitative estimate of drug-likeness (QED) is 0.730. The molecule has 1 heterocycles. The number of carbonyl (C=O) groups is 1. The van der Waals surface area contributed by atoms with Crippen molar-refractivity contribution >= 4 is 28.1 Å². The van der Waals surface area contributed by atoms with Crippen LogP contribution in [-0.2, 0) is 11.2 Å². The normalized spacial score (nSPS) is 12.1. The second-order valence-electron chi connectivity index (χ2n) is 4.82. The number of carboxylic acids is 1. The van der Waals surface area contributed by atoms with Crippen molar-refractivity contribution in [3.05, 3.63) is 40.9 Å². The van der Waals surface area contributed by atoms with Gasteiger partial charge in [-0.05, 0) is 30.5 Å². The van der Waals surface area contributed by atoms with Crippen LogP contribution >= 0.6 is 11.3 Å². The molecule has 1 aromatic carbocycles. The first-order valence-corrected chi connectivity index (χ1v) is 7.78. The fourth-order valence-electron chi connectivity index (χ4n) is 1.87. The van der Waals surface area contributed by atoms with Crippen molar-refractivity contribution in [1.82, 2.24) is 4.98 Å². The summed E-state index contributed by atoms with van der Waals surface area (Å²) in [6.45, 7) is 2.18. The summed E-state index contributed by atoms with van der Waals surface area (Å²) in [5.74, 6) is -1.08. The molecule has 0 radical (unpaired) electrons. The molecule has 0 aliphatic heterocycles. The summed E-state index contributed by atoms with van der Waals surface area (Å²) in [4.78, 5) is 15.0. The number of nitrogens with zero attached hydrogens (tertiary/aromatic N) is 1. The zero-order valence-electron chi connectivity index (χ0n) is 11.9. The lowest BCUT2D eigenvalue weighted by atomic mass is 10.1. The number of anilines is 2. The molecule has 2 rings (SSSR count). The highest BCUT2D eigenvalue weighted by Gasteiger charge is 2.17. The second-order valence-corrected chi connectivity index (χ2v) is 5.68. The van der Waals surface area contributed by atoms with Gasteiger partial charge in [0, 0.05) is 11.1 Å². The molecule has 0 spiro atoms. The van der Waals surface area contributed by atoms with Gasteiger partial charge in [-0.2, -0.15) is 0 Å². The van der Waals surface area contributed by atoms with Crippen LogP contribution in [0, 0.1) is 0 Å². The second kappa shape index (κ2) is 7.19. The third-order valence-electron chi connectivity index (χ3n) is 3.13. The van der Waals surface area contributed by atoms with E-state index in [1.807, 2.05) is 12.1 Å². The highest BCUT2D eigenvalue weighted by molar-refractivity contribution is 7.13. The summed E-state index contributed by atoms with van der Waals surface area (Å²) in [5, 5.41) is 14.3. The number of hydrogen-bond donors (Lipinski definition) is 3. The van der Waals surface area contributed by atoms with E-state index in [0.717, 1.165) is 12.1 Å². The van der Waals surface area contributed by atoms with E-state index in [1.165, 1.54) is 29.7 Å². The summed E-state index contributed by atoms with van der Waals surface area (Å²) in [6.07, 6.45) is 3.47. The summed E-state index contributed by atoms with van der Waals surface area (Å²) < 4.78 is 0. The number of unbranched alkanes of at least 4 members (excludes halogenated alkanes) is 1. The Bertz CT molecular complexity index is 595. The summed E-state index contributed by atoms with van der Waals surface area (Å²) in [7, 11) is 0. The lowest BCUT2D eigenvalue weighted by molar-refractivity contribution is -0.138. The number of nitrogens with two attached hydrogens (primary N) is 1. The largest absolute Gasteiger partial charge is 0.480 e. The van der Waals surface area contributed by atoms with Crippen molar-refractivity contribution in [1.29, 1.82) is 0 Å². The van der Waals surface area contributed by atoms with Gasteiger partial charge in [-0.1, -0.05) is 25.5 Å². The minimum absolute atomic E-state index is 0.370. The van der Waals surface area contributed by atoms with Gasteiger partial charge in [-0.25, -0.2) is 4.98 Å². The maximum absolute atomic E-state index is 10.8. The van der Waals surface area contributed by atoms with E-state index < -0.39 is 12.0 Å². The number of aliphatic carboxylic acids is 1. The van der Waals surface area contributed by atoms with Crippen LogP contribution in [0.2, 0.25) is 0 Å². The number of benzene rings is 1. The molecule has 0 amide bonds. The van der Waals surface area contributed by atoms with Crippen LogP contribution in [0.3, 0.4) is 0 Å². The van der Waals surface area contributed by atoms with E-state index in [-0.39, 0.29) is 0 Å². The topological polar surface area (TPSA) is 88.2 Å². The molecular weight excluding hydrogens is 286 g/mol. The van der Waals surface area contributed by atoms with Crippen LogP contribution in [0.1, 0.15) is 37.1 Å². The van der Waals surface area contributed by atoms with Gasteiger partial charge in [0.1, 0.15) is 6.04 Å². The molecule has 0 fully saturated rings. The average molecular weight is 305 g/mol. The molecule has 0 bridgehead atoms. The molecule has 0 aliphatic carbocycles. The van der Waals surface area contributed by atoms with Crippen molar-refractivity contribution < 1.29 is 9.90 Å². The molecule has 1 unspecified atom stereocenters. The first-order chi connectivity index (χ1) is 10.1. The zero-order valence-corrected chi connectivity index (χ0v) is 12.7. The van der Waals surface area contributed by atoms with Crippen molar-refractivity contribution in [2.24, 2.45) is 5.73 Å². The Balaban J connectivity index is 2.00. The third kappa shape index (κ3) is 4.27. The Labute approximate surface area is 127 Å². The first-order valence-electron chi connectivity index (χ1n) is 6.90. The molecule has 1 atom stereocenters. The van der Waals surface area contributed by atoms with E-state index in [2.05, 4.69) is 29.4 Å². The summed E-state index contributed by atoms with van der Waals surface area (Å²) in [6, 6.07) is 7.12. The zero-order chi connectivity index (χ0) is 15.2. The minimum atomic E-state index is -1.08. The van der Waals surface area contributed by atoms with Gasteiger partial charge < -0.3 is 16.2 Å². The Kier molecular flexibility index (Phi) is 5.30. The van der Waals surface area contributed by atoms with Crippen molar-refractivity contribution in [3.8, 4) is 0 Å². The Hall–Kier alpha value is -1.92. The molecule has 112 valence electrons. The molecule has 0 saturated carbocycles. The third-order valence-corrected chi connectivity index (χ3v) is 3.91. The van der Waals surface area contributed by atoms with Crippen molar-refractivity contribution in [2.75, 3.05) is 5.32 Å². The van der Waals surface area contributed by atoms with Gasteiger partial charge in [0.15, 0.2) is 5.13 Å². The predicted octanol–water partition coefficient (Wildman–Crippen LogP) is 3.31. The van der Waals surface area contributed by atoms with Crippen LogP contribution in [0.5, 0.6) is 0 Å². The smallest absolute Gasteiger partial charge is 0.326 e. The molecule has 4 N–H and O–H groups in total. The summed E-state index contributed by atoms with van der Waals surface area (Å²) in [5.41, 5.74) is 8.14. The number of nitrogens with one attached hydrogen (secondary N) is 1. The maximum atomic E-state index is 10.8. The summed E-state index contributed by atoms with van der Waals surface area (Å²) >= 11 is 1.34. The van der Waals surface area contributed by atoms with Crippen LogP contribution in [0.4, 0.5) is 10.8 Å². The first kappa shape index (κ1) is 15.5. The van der Waals surface area contributed by atoms with Crippen molar-refractivity contribution in [3.63, 3.8) is 0 Å². The van der Waals surface area contributed by atoms with Crippen LogP contribution in [-0.4, -0.2) is 16.1 Å². The van der Waals surface area contributed by atoms with Gasteiger partial charge in [0.2, 0.25) is 0 Å². The van der Waals surface area contributed by atoms with Crippen LogP contribution < -0.4 is 11.1 Å². The Morgan fingerprint density at radius 1 is 1.43 bits per heavy atom. The van der Waals surface area contributed by atoms with Gasteiger partial charge >= 0.3 is 5.97 Å². The fourth-order valence-corrected chi connectivity index (χ4v) is 2.64. The van der Waals surface area contributed by atoms with Crippen LogP contribution in [0.15, 0.2) is 29.6 Å². The van der Waals surface area contributed by atoms with E-state index in [4.69, 9.17) is 10.8 Å². The van der Waals surface area contributed by atoms with Gasteiger partial charge in [-0.15, -0.1) is 11.3 Å². The standard InChI is InChI=1S/C15H19N3O2S/c1-2-3-4-10-5-7-11(8-6-10)17-15-18-12(9-21-15)13(16)14(19)20/h5-9,13H,2-4,16H2,1H3,(H,17,18)(H,19,20). The lowest BCUT2D eigenvalue weighted by Crippen LogP contribution is -2.20. The monoisotopic (exact) mass is 305 g/mol. The highest BCUT2D eigenvalue weighted by Crippen LogP contribution is 2.23. The number of thiazole rings is 1. The number of carboxylic acid groups (broad SMARTS) is 1. The SMILES string of the molecule is CCCCc1ccc(Nc2nc(C(N)C(=O)O)cs2)cc1. The average Bonchev–Trinajstić information content (AvgIpc) is 2.94. The molecule has 2 aromatic rings. The molecule has 0 aliphatic rings. The minimum Gasteiger partial charge on any atom is -0.480 e. The van der Waals surface area contributed by atoms with Crippen molar-refractivity contribution in [2.45, 2.75) is 32.2 Å². The van der Waals surface area contributed by atoms with E-state index >= 15 is 0 Å². The Morgan fingerprint density at radius 3 is 2.76 bits per heavy atom. The molecule has 0 saturated heterocycles. The molecule has 6 heteroatoms. The number of aromatic nitrogens is 1. The predicted molar refractivity (Wildman–Crippen MR) is 85.0 cm³/mol. The lowest BCUT2D eigenvalue weighted by Gasteiger charge is -2.05. The fraction of sp³-hybridized carbons (Fsp3) is 0.333. The Morgan fingerprint density at radius 2 is 2.14 bits per heavy atom. The van der Waals surface area contributed by atoms with Gasteiger partial charge in [0.25, 0.3) is 0 Å². The number of rotatable bonds is 7. The molecule has 21 heavy (non-hydrogen) atoms. The van der Waals surface area contributed by atoms with E-state index in [1.54, 1.807) is 5.38 Å². The van der Waals surface area contributed by atoms with Gasteiger partial charge in [0.05, 0.1) is 5.69 Å². The number of hydrogen-bond acceptors (Lipinski definition) is 5. The van der Waals surface area contributed by atoms with E-state index in [9.17, 15) is 4.79 Å². The number of aryl methyl sites for hydroxylation is 1. The highest BCUT2D eigenvalue weighted by atomic mass is 32.1. The van der Waals surface area contributed by atoms with Gasteiger partial charge in [-0.3, -0.25) is 4.79 Å².